The van der Waals surface area contributed by atoms with Crippen molar-refractivity contribution in [3.63, 3.8) is 0 Å². The Kier molecular flexibility index (Phi) is 6.00. The highest BCUT2D eigenvalue weighted by molar-refractivity contribution is 5.50. The fourth-order valence-corrected chi connectivity index (χ4v) is 1.55. The number of rotatable bonds is 3. The predicted molar refractivity (Wildman–Crippen MR) is 83.0 cm³/mol. The van der Waals surface area contributed by atoms with Crippen LogP contribution in [0, 0.1) is 0 Å². The van der Waals surface area contributed by atoms with E-state index in [1.165, 1.54) is 19.2 Å². The Balaban J connectivity index is 0.000000211. The smallest absolute Gasteiger partial charge is 0.124 e. The second-order valence-electron chi connectivity index (χ2n) is 4.11. The Labute approximate surface area is 123 Å². The van der Waals surface area contributed by atoms with E-state index in [0.29, 0.717) is 28.6 Å². The monoisotopic (exact) mass is 292 g/mol. The molecule has 0 radical (unpaired) electrons. The van der Waals surface area contributed by atoms with Gasteiger partial charge in [-0.3, -0.25) is 0 Å². The topological polar surface area (TPSA) is 100.0 Å². The lowest BCUT2D eigenvalue weighted by Gasteiger charge is -2.04. The SMILES string of the molecule is COc1cc(N)cc(O)c1.COc1cc(N)cc(OC)c1. The van der Waals surface area contributed by atoms with Crippen molar-refractivity contribution in [3.8, 4) is 23.0 Å². The summed E-state index contributed by atoms with van der Waals surface area (Å²) in [6, 6.07) is 9.85. The quantitative estimate of drug-likeness (QED) is 0.750. The van der Waals surface area contributed by atoms with Crippen molar-refractivity contribution in [2.75, 3.05) is 32.8 Å². The van der Waals surface area contributed by atoms with Gasteiger partial charge in [0.15, 0.2) is 0 Å². The van der Waals surface area contributed by atoms with Crippen LogP contribution in [-0.2, 0) is 0 Å². The Morgan fingerprint density at radius 2 is 1.05 bits per heavy atom. The Bertz CT molecular complexity index is 545. The maximum Gasteiger partial charge on any atom is 0.124 e. The van der Waals surface area contributed by atoms with Crippen molar-refractivity contribution >= 4 is 11.4 Å². The molecule has 0 unspecified atom stereocenters. The zero-order valence-electron chi connectivity index (χ0n) is 12.3. The summed E-state index contributed by atoms with van der Waals surface area (Å²) in [5, 5.41) is 8.96. The van der Waals surface area contributed by atoms with Gasteiger partial charge >= 0.3 is 0 Å². The van der Waals surface area contributed by atoms with Crippen LogP contribution >= 0.6 is 0 Å². The third kappa shape index (κ3) is 5.40. The van der Waals surface area contributed by atoms with Crippen LogP contribution in [0.5, 0.6) is 23.0 Å². The lowest BCUT2D eigenvalue weighted by Crippen LogP contribution is -1.90. The van der Waals surface area contributed by atoms with Gasteiger partial charge in [-0.25, -0.2) is 0 Å². The van der Waals surface area contributed by atoms with Crippen molar-refractivity contribution < 1.29 is 19.3 Å². The molecule has 0 heterocycles. The van der Waals surface area contributed by atoms with E-state index >= 15 is 0 Å². The molecule has 0 fully saturated rings. The molecule has 0 saturated heterocycles. The predicted octanol–water partition coefficient (Wildman–Crippen LogP) is 2.27. The summed E-state index contributed by atoms with van der Waals surface area (Å²) in [7, 11) is 4.70. The second kappa shape index (κ2) is 7.74. The van der Waals surface area contributed by atoms with Crippen molar-refractivity contribution in [1.29, 1.82) is 0 Å². The molecule has 0 aromatic heterocycles. The Morgan fingerprint density at radius 3 is 1.43 bits per heavy atom. The van der Waals surface area contributed by atoms with Crippen molar-refractivity contribution in [3.05, 3.63) is 36.4 Å². The van der Waals surface area contributed by atoms with Crippen LogP contribution in [0.25, 0.3) is 0 Å². The number of phenolic OH excluding ortho intramolecular Hbond substituents is 1. The average molecular weight is 292 g/mol. The minimum absolute atomic E-state index is 0.122. The molecule has 0 amide bonds. The van der Waals surface area contributed by atoms with E-state index < -0.39 is 0 Å². The molecule has 2 rings (SSSR count). The van der Waals surface area contributed by atoms with E-state index in [9.17, 15) is 0 Å². The molecule has 0 atom stereocenters. The summed E-state index contributed by atoms with van der Waals surface area (Å²) < 4.78 is 14.8. The lowest BCUT2D eigenvalue weighted by molar-refractivity contribution is 0.395. The van der Waals surface area contributed by atoms with Gasteiger partial charge in [-0.2, -0.15) is 0 Å². The molecule has 6 nitrogen and oxygen atoms in total. The first-order valence-electron chi connectivity index (χ1n) is 6.10. The second-order valence-corrected chi connectivity index (χ2v) is 4.11. The number of aromatic hydroxyl groups is 1. The zero-order chi connectivity index (χ0) is 15.8. The lowest BCUT2D eigenvalue weighted by atomic mass is 10.3. The van der Waals surface area contributed by atoms with Gasteiger partial charge in [0, 0.05) is 47.8 Å². The number of hydrogen-bond donors (Lipinski definition) is 3. The summed E-state index contributed by atoms with van der Waals surface area (Å²) in [5.41, 5.74) is 12.1. The molecule has 0 saturated carbocycles. The molecule has 5 N–H and O–H groups in total. The van der Waals surface area contributed by atoms with Gasteiger partial charge in [0.2, 0.25) is 0 Å². The van der Waals surface area contributed by atoms with Crippen molar-refractivity contribution in [2.45, 2.75) is 0 Å². The van der Waals surface area contributed by atoms with Crippen molar-refractivity contribution in [2.24, 2.45) is 0 Å². The number of phenols is 1. The highest BCUT2D eigenvalue weighted by Crippen LogP contribution is 2.23. The van der Waals surface area contributed by atoms with Gasteiger partial charge < -0.3 is 30.8 Å². The van der Waals surface area contributed by atoms with Crippen LogP contribution in [0.3, 0.4) is 0 Å². The normalized spacial score (nSPS) is 9.29. The van der Waals surface area contributed by atoms with Gasteiger partial charge in [0.1, 0.15) is 23.0 Å². The number of anilines is 2. The van der Waals surface area contributed by atoms with E-state index in [-0.39, 0.29) is 5.75 Å². The first-order chi connectivity index (χ1) is 9.98. The first-order valence-corrected chi connectivity index (χ1v) is 6.10. The molecule has 0 bridgehead atoms. The van der Waals surface area contributed by atoms with Crippen molar-refractivity contribution in [1.82, 2.24) is 0 Å². The average Bonchev–Trinajstić information content (AvgIpc) is 2.46. The summed E-state index contributed by atoms with van der Waals surface area (Å²) >= 11 is 0. The summed E-state index contributed by atoms with van der Waals surface area (Å²) in [5.74, 6) is 2.11. The Hall–Kier alpha value is -2.76. The number of nitrogens with two attached hydrogens (primary N) is 2. The number of benzene rings is 2. The van der Waals surface area contributed by atoms with Crippen LogP contribution < -0.4 is 25.7 Å². The summed E-state index contributed by atoms with van der Waals surface area (Å²) in [6.45, 7) is 0. The third-order valence-corrected chi connectivity index (χ3v) is 2.52. The fourth-order valence-electron chi connectivity index (χ4n) is 1.55. The van der Waals surface area contributed by atoms with Crippen LogP contribution in [0.15, 0.2) is 36.4 Å². The maximum absolute atomic E-state index is 8.96. The molecule has 6 heteroatoms. The van der Waals surface area contributed by atoms with Gasteiger partial charge in [0.25, 0.3) is 0 Å². The molecule has 0 spiro atoms. The van der Waals surface area contributed by atoms with Crippen LogP contribution in [0.4, 0.5) is 11.4 Å². The van der Waals surface area contributed by atoms with E-state index in [1.54, 1.807) is 38.5 Å². The van der Waals surface area contributed by atoms with E-state index in [1.807, 2.05) is 0 Å². The first kappa shape index (κ1) is 16.3. The van der Waals surface area contributed by atoms with Crippen LogP contribution in [-0.4, -0.2) is 26.4 Å². The summed E-state index contributed by atoms with van der Waals surface area (Å²) in [6.07, 6.45) is 0. The molecule has 0 aliphatic carbocycles. The summed E-state index contributed by atoms with van der Waals surface area (Å²) in [4.78, 5) is 0. The van der Waals surface area contributed by atoms with E-state index in [2.05, 4.69) is 0 Å². The highest BCUT2D eigenvalue weighted by atomic mass is 16.5. The van der Waals surface area contributed by atoms with Gasteiger partial charge in [-0.05, 0) is 0 Å². The number of nitrogen functional groups attached to an aromatic ring is 2. The molecular weight excluding hydrogens is 272 g/mol. The van der Waals surface area contributed by atoms with Gasteiger partial charge in [-0.15, -0.1) is 0 Å². The van der Waals surface area contributed by atoms with Gasteiger partial charge in [-0.1, -0.05) is 0 Å². The molecule has 21 heavy (non-hydrogen) atoms. The number of hydrogen-bond acceptors (Lipinski definition) is 6. The van der Waals surface area contributed by atoms with Crippen LogP contribution in [0.1, 0.15) is 0 Å². The highest BCUT2D eigenvalue weighted by Gasteiger charge is 1.97. The molecule has 0 aliphatic heterocycles. The molecule has 2 aromatic carbocycles. The number of methoxy groups -OCH3 is 3. The zero-order valence-corrected chi connectivity index (χ0v) is 12.3. The standard InChI is InChI=1S/C8H11NO2.C7H9NO2/c1-10-7-3-6(9)4-8(5-7)11-2;1-10-7-3-5(8)2-6(9)4-7/h3-5H,9H2,1-2H3;2-4,9H,8H2,1H3. The Morgan fingerprint density at radius 1 is 0.667 bits per heavy atom. The van der Waals surface area contributed by atoms with Gasteiger partial charge in [0.05, 0.1) is 21.3 Å². The third-order valence-electron chi connectivity index (χ3n) is 2.52. The van der Waals surface area contributed by atoms with Crippen LogP contribution in [0.2, 0.25) is 0 Å². The van der Waals surface area contributed by atoms with E-state index in [4.69, 9.17) is 30.8 Å². The maximum atomic E-state index is 8.96. The fraction of sp³-hybridized carbons (Fsp3) is 0.200. The minimum atomic E-state index is 0.122. The molecule has 0 aliphatic rings. The van der Waals surface area contributed by atoms with E-state index in [0.717, 1.165) is 0 Å². The number of ether oxygens (including phenoxy) is 3. The largest absolute Gasteiger partial charge is 0.508 e. The molecule has 114 valence electrons. The molecule has 2 aromatic rings. The molecular formula is C15H20N2O4. The minimum Gasteiger partial charge on any atom is -0.508 e.